The fraction of sp³-hybridized carbons (Fsp3) is 0.364. The van der Waals surface area contributed by atoms with Gasteiger partial charge in [-0.3, -0.25) is 0 Å². The minimum absolute atomic E-state index is 0.205. The number of benzene rings is 3. The van der Waals surface area contributed by atoms with Crippen LogP contribution < -0.4 is 9.75 Å². The van der Waals surface area contributed by atoms with Crippen LogP contribution in [0.25, 0.3) is 49.0 Å². The molecule has 0 radical (unpaired) electrons. The number of rotatable bonds is 2. The molecule has 3 aromatic heterocycles. The molecule has 0 aliphatic carbocycles. The second kappa shape index (κ2) is 7.32. The maximum Gasteiger partial charge on any atom is 0.224 e. The van der Waals surface area contributed by atoms with Gasteiger partial charge >= 0.3 is 0 Å². The summed E-state index contributed by atoms with van der Waals surface area (Å²) < 4.78 is 5.07. The highest BCUT2D eigenvalue weighted by atomic mass is 28.3. The van der Waals surface area contributed by atoms with Crippen molar-refractivity contribution in [3.05, 3.63) is 64.8 Å². The monoisotopic (exact) mass is 491 g/mol. The van der Waals surface area contributed by atoms with Gasteiger partial charge in [-0.2, -0.15) is 0 Å². The van der Waals surface area contributed by atoms with E-state index in [1.807, 2.05) is 0 Å². The van der Waals surface area contributed by atoms with E-state index in [1.165, 1.54) is 71.3 Å². The Balaban J connectivity index is 2.08. The summed E-state index contributed by atoms with van der Waals surface area (Å²) in [4.78, 5) is 0. The van der Waals surface area contributed by atoms with E-state index >= 15 is 0 Å². The van der Waals surface area contributed by atoms with Crippen LogP contribution in [0.1, 0.15) is 43.0 Å². The Labute approximate surface area is 215 Å². The average molecular weight is 492 g/mol. The lowest BCUT2D eigenvalue weighted by Gasteiger charge is -2.24. The summed E-state index contributed by atoms with van der Waals surface area (Å²) >= 11 is 0. The van der Waals surface area contributed by atoms with Crippen molar-refractivity contribution in [1.29, 1.82) is 0 Å². The van der Waals surface area contributed by atoms with Gasteiger partial charge < -0.3 is 4.40 Å². The molecule has 0 unspecified atom stereocenters. The van der Waals surface area contributed by atoms with E-state index in [9.17, 15) is 0 Å². The Morgan fingerprint density at radius 2 is 1.53 bits per heavy atom. The number of hydrogen-bond donors (Lipinski definition) is 0. The zero-order chi connectivity index (χ0) is 25.9. The first-order valence-corrected chi connectivity index (χ1v) is 16.8. The number of pyridine rings is 2. The molecule has 6 aromatic rings. The number of aryl methyl sites for hydroxylation is 4. The fourth-order valence-corrected chi connectivity index (χ4v) is 8.28. The van der Waals surface area contributed by atoms with E-state index in [0.717, 1.165) is 6.42 Å². The third-order valence-corrected chi connectivity index (χ3v) is 10.2. The van der Waals surface area contributed by atoms with Gasteiger partial charge in [-0.1, -0.05) is 70.7 Å². The first-order valence-electron chi connectivity index (χ1n) is 13.3. The molecule has 0 saturated heterocycles. The molecule has 3 aromatic carbocycles. The second-order valence-electron chi connectivity index (χ2n) is 13.4. The molecule has 0 fully saturated rings. The summed E-state index contributed by atoms with van der Waals surface area (Å²) in [6.45, 7) is 21.5. The molecule has 0 saturated carbocycles. The summed E-state index contributed by atoms with van der Waals surface area (Å²) in [5, 5.41) is 8.71. The molecule has 36 heavy (non-hydrogen) atoms. The summed E-state index contributed by atoms with van der Waals surface area (Å²) in [7, 11) is 0.660. The Morgan fingerprint density at radius 3 is 2.19 bits per heavy atom. The molecule has 0 atom stereocenters. The predicted molar refractivity (Wildman–Crippen MR) is 160 cm³/mol. The largest absolute Gasteiger partial charge is 0.307 e. The normalized spacial score (nSPS) is 13.4. The van der Waals surface area contributed by atoms with Crippen LogP contribution in [0.4, 0.5) is 0 Å². The summed E-state index contributed by atoms with van der Waals surface area (Å²) in [6, 6.07) is 14.0. The van der Waals surface area contributed by atoms with E-state index in [-0.39, 0.29) is 5.41 Å². The van der Waals surface area contributed by atoms with Crippen molar-refractivity contribution < 1.29 is 4.57 Å². The van der Waals surface area contributed by atoms with Crippen LogP contribution in [0, 0.1) is 26.2 Å². The summed E-state index contributed by atoms with van der Waals surface area (Å²) in [5.41, 5.74) is 11.3. The fourth-order valence-electron chi connectivity index (χ4n) is 6.70. The van der Waals surface area contributed by atoms with E-state index in [1.54, 1.807) is 5.19 Å². The number of nitrogens with zero attached hydrogens (tertiary/aromatic N) is 2. The standard InChI is InChI=1S/C33H39N2Si/c1-19-15-20(2)30-27(21(19)3)31-29-24(26(18-34(31)7)36(8,9)10)16-22(17-33(4,5)6)28-23-13-11-12-14-25(23)35(30)32(28)29/h11-16,18H,17H2,1-10H3/q+1. The van der Waals surface area contributed by atoms with Crippen molar-refractivity contribution >= 4 is 62.3 Å². The van der Waals surface area contributed by atoms with Gasteiger partial charge in [-0.05, 0) is 66.3 Å². The maximum absolute atomic E-state index is 2.62. The Hall–Kier alpha value is -2.91. The second-order valence-corrected chi connectivity index (χ2v) is 18.4. The van der Waals surface area contributed by atoms with Crippen LogP contribution in [0.3, 0.4) is 0 Å². The van der Waals surface area contributed by atoms with Gasteiger partial charge in [0.15, 0.2) is 6.20 Å². The van der Waals surface area contributed by atoms with E-state index < -0.39 is 8.07 Å². The van der Waals surface area contributed by atoms with Crippen molar-refractivity contribution in [1.82, 2.24) is 4.40 Å². The lowest BCUT2D eigenvalue weighted by molar-refractivity contribution is -0.643. The lowest BCUT2D eigenvalue weighted by atomic mass is 9.85. The summed E-state index contributed by atoms with van der Waals surface area (Å²) in [6.07, 6.45) is 3.53. The van der Waals surface area contributed by atoms with Crippen LogP contribution in [0.2, 0.25) is 19.6 Å². The Bertz CT molecular complexity index is 1860. The molecule has 0 spiro atoms. The minimum atomic E-state index is -1.61. The summed E-state index contributed by atoms with van der Waals surface area (Å²) in [5.74, 6) is 0. The van der Waals surface area contributed by atoms with Crippen LogP contribution >= 0.6 is 0 Å². The highest BCUT2D eigenvalue weighted by molar-refractivity contribution is 6.90. The topological polar surface area (TPSA) is 8.29 Å². The van der Waals surface area contributed by atoms with Gasteiger partial charge in [-0.15, -0.1) is 0 Å². The number of fused-ring (bicyclic) bond motifs is 6. The van der Waals surface area contributed by atoms with Crippen LogP contribution in [0.15, 0.2) is 42.6 Å². The van der Waals surface area contributed by atoms with Gasteiger partial charge in [0.25, 0.3) is 0 Å². The molecular weight excluding hydrogens is 452 g/mol. The maximum atomic E-state index is 2.62. The quantitative estimate of drug-likeness (QED) is 0.101. The van der Waals surface area contributed by atoms with Crippen LogP contribution in [-0.4, -0.2) is 12.5 Å². The van der Waals surface area contributed by atoms with E-state index in [0.29, 0.717) is 0 Å². The van der Waals surface area contributed by atoms with Gasteiger partial charge in [0, 0.05) is 16.0 Å². The lowest BCUT2D eigenvalue weighted by Crippen LogP contribution is -2.45. The molecule has 0 bridgehead atoms. The van der Waals surface area contributed by atoms with Crippen molar-refractivity contribution in [2.45, 2.75) is 67.6 Å². The highest BCUT2D eigenvalue weighted by Crippen LogP contribution is 2.44. The van der Waals surface area contributed by atoms with Gasteiger partial charge in [0.05, 0.1) is 35.4 Å². The molecule has 2 nitrogen and oxygen atoms in total. The third kappa shape index (κ3) is 3.11. The van der Waals surface area contributed by atoms with Crippen molar-refractivity contribution in [2.75, 3.05) is 0 Å². The van der Waals surface area contributed by atoms with Gasteiger partial charge in [-0.25, -0.2) is 4.57 Å². The van der Waals surface area contributed by atoms with Crippen molar-refractivity contribution in [3.8, 4) is 0 Å². The van der Waals surface area contributed by atoms with Crippen molar-refractivity contribution in [2.24, 2.45) is 12.5 Å². The predicted octanol–water partition coefficient (Wildman–Crippen LogP) is 7.87. The van der Waals surface area contributed by atoms with Crippen molar-refractivity contribution in [3.63, 3.8) is 0 Å². The third-order valence-electron chi connectivity index (χ3n) is 8.22. The molecular formula is C33H39N2Si+. The average Bonchev–Trinajstić information content (AvgIpc) is 3.11. The zero-order valence-corrected chi connectivity index (χ0v) is 24.6. The Kier molecular flexibility index (Phi) is 4.77. The molecule has 3 heterocycles. The molecule has 6 rings (SSSR count). The minimum Gasteiger partial charge on any atom is -0.307 e. The van der Waals surface area contributed by atoms with E-state index in [2.05, 4.69) is 120 Å². The SMILES string of the molecule is Cc1cc(C)c2c(c1C)c1c3c(cc(CC(C)(C)C)c4c5ccccc5n2c43)c([Si](C)(C)C)c[n+]1C. The van der Waals surface area contributed by atoms with Gasteiger partial charge in [0.1, 0.15) is 7.05 Å². The molecule has 0 aliphatic rings. The first kappa shape index (κ1) is 23.5. The van der Waals surface area contributed by atoms with Crippen LogP contribution in [-0.2, 0) is 13.5 Å². The number of hydrogen-bond acceptors (Lipinski definition) is 0. The molecule has 0 N–H and O–H groups in total. The first-order chi connectivity index (χ1) is 16.8. The molecule has 184 valence electrons. The van der Waals surface area contributed by atoms with Gasteiger partial charge in [0.2, 0.25) is 5.52 Å². The molecule has 3 heteroatoms. The number of para-hydroxylation sites is 1. The highest BCUT2D eigenvalue weighted by Gasteiger charge is 2.32. The zero-order valence-electron chi connectivity index (χ0n) is 23.6. The Morgan fingerprint density at radius 1 is 0.833 bits per heavy atom. The van der Waals surface area contributed by atoms with Crippen LogP contribution in [0.5, 0.6) is 0 Å². The molecule has 0 amide bonds. The molecule has 0 aliphatic heterocycles. The number of aromatic nitrogens is 2. The van der Waals surface area contributed by atoms with E-state index in [4.69, 9.17) is 0 Å². The smallest absolute Gasteiger partial charge is 0.224 e.